The topological polar surface area (TPSA) is 46.3 Å². The van der Waals surface area contributed by atoms with Gasteiger partial charge < -0.3 is 10.6 Å². The molecule has 3 heteroatoms. The van der Waals surface area contributed by atoms with E-state index < -0.39 is 0 Å². The molecule has 1 saturated heterocycles. The maximum absolute atomic E-state index is 11.7. The highest BCUT2D eigenvalue weighted by Crippen LogP contribution is 2.32. The molecule has 74 valence electrons. The average molecular weight is 182 g/mol. The van der Waals surface area contributed by atoms with E-state index in [-0.39, 0.29) is 6.04 Å². The molecule has 1 amide bonds. The van der Waals surface area contributed by atoms with E-state index >= 15 is 0 Å². The summed E-state index contributed by atoms with van der Waals surface area (Å²) in [6.07, 6.45) is 3.26. The summed E-state index contributed by atoms with van der Waals surface area (Å²) in [5, 5.41) is 0. The van der Waals surface area contributed by atoms with Crippen LogP contribution in [0.25, 0.3) is 0 Å². The van der Waals surface area contributed by atoms with Gasteiger partial charge in [0.25, 0.3) is 0 Å². The Kier molecular flexibility index (Phi) is 2.28. The van der Waals surface area contributed by atoms with Crippen molar-refractivity contribution in [2.75, 3.05) is 13.1 Å². The van der Waals surface area contributed by atoms with Crippen LogP contribution < -0.4 is 5.73 Å². The van der Waals surface area contributed by atoms with Crippen LogP contribution in [0.15, 0.2) is 0 Å². The van der Waals surface area contributed by atoms with E-state index in [1.54, 1.807) is 0 Å². The fourth-order valence-corrected chi connectivity index (χ4v) is 1.89. The Morgan fingerprint density at radius 2 is 2.08 bits per heavy atom. The van der Waals surface area contributed by atoms with Crippen LogP contribution in [0.1, 0.15) is 26.2 Å². The first-order chi connectivity index (χ1) is 6.18. The number of rotatable bonds is 1. The molecule has 0 aromatic heterocycles. The molecule has 1 aliphatic heterocycles. The zero-order valence-corrected chi connectivity index (χ0v) is 8.20. The second kappa shape index (κ2) is 3.29. The third kappa shape index (κ3) is 1.85. The number of piperidine rings is 1. The van der Waals surface area contributed by atoms with Crippen molar-refractivity contribution in [1.29, 1.82) is 0 Å². The van der Waals surface area contributed by atoms with Crippen LogP contribution in [-0.2, 0) is 4.79 Å². The zero-order chi connectivity index (χ0) is 9.42. The summed E-state index contributed by atoms with van der Waals surface area (Å²) in [6, 6.07) is 0.191. The van der Waals surface area contributed by atoms with Gasteiger partial charge in [0.15, 0.2) is 0 Å². The minimum Gasteiger partial charge on any atom is -0.341 e. The monoisotopic (exact) mass is 182 g/mol. The smallest absolute Gasteiger partial charge is 0.225 e. The molecule has 2 aliphatic rings. The van der Waals surface area contributed by atoms with Crippen LogP contribution in [-0.4, -0.2) is 29.9 Å². The van der Waals surface area contributed by atoms with E-state index in [2.05, 4.69) is 6.92 Å². The molecule has 2 rings (SSSR count). The van der Waals surface area contributed by atoms with Crippen LogP contribution in [0.2, 0.25) is 0 Å². The van der Waals surface area contributed by atoms with E-state index in [1.807, 2.05) is 4.90 Å². The van der Waals surface area contributed by atoms with Crippen molar-refractivity contribution >= 4 is 5.91 Å². The summed E-state index contributed by atoms with van der Waals surface area (Å²) >= 11 is 0. The van der Waals surface area contributed by atoms with Crippen molar-refractivity contribution in [2.24, 2.45) is 17.6 Å². The van der Waals surface area contributed by atoms with Crippen LogP contribution in [0.3, 0.4) is 0 Å². The lowest BCUT2D eigenvalue weighted by molar-refractivity contribution is -0.134. The number of hydrogen-bond acceptors (Lipinski definition) is 2. The molecular formula is C10H18N2O. The number of likely N-dealkylation sites (tertiary alicyclic amines) is 1. The van der Waals surface area contributed by atoms with Gasteiger partial charge in [-0.25, -0.2) is 0 Å². The summed E-state index contributed by atoms with van der Waals surface area (Å²) in [5.41, 5.74) is 5.93. The van der Waals surface area contributed by atoms with E-state index in [0.717, 1.165) is 32.4 Å². The lowest BCUT2D eigenvalue weighted by Gasteiger charge is -2.35. The van der Waals surface area contributed by atoms with Gasteiger partial charge in [-0.15, -0.1) is 0 Å². The Balaban J connectivity index is 1.90. The average Bonchev–Trinajstić information content (AvgIpc) is 2.91. The third-order valence-electron chi connectivity index (χ3n) is 3.25. The van der Waals surface area contributed by atoms with Gasteiger partial charge in [-0.1, -0.05) is 6.92 Å². The molecule has 2 unspecified atom stereocenters. The molecule has 1 heterocycles. The van der Waals surface area contributed by atoms with Gasteiger partial charge in [0.2, 0.25) is 5.91 Å². The molecule has 0 bridgehead atoms. The Morgan fingerprint density at radius 3 is 2.62 bits per heavy atom. The summed E-state index contributed by atoms with van der Waals surface area (Å²) in [5.74, 6) is 1.27. The quantitative estimate of drug-likeness (QED) is 0.645. The van der Waals surface area contributed by atoms with Gasteiger partial charge in [-0.3, -0.25) is 4.79 Å². The summed E-state index contributed by atoms with van der Waals surface area (Å²) in [4.78, 5) is 13.6. The second-order valence-electron chi connectivity index (χ2n) is 4.49. The Morgan fingerprint density at radius 1 is 1.38 bits per heavy atom. The van der Waals surface area contributed by atoms with Crippen molar-refractivity contribution in [3.8, 4) is 0 Å². The number of carbonyl (C=O) groups is 1. The molecule has 0 radical (unpaired) electrons. The predicted molar refractivity (Wildman–Crippen MR) is 51.1 cm³/mol. The van der Waals surface area contributed by atoms with Gasteiger partial charge in [0, 0.05) is 25.0 Å². The fraction of sp³-hybridized carbons (Fsp3) is 0.900. The van der Waals surface area contributed by atoms with Gasteiger partial charge in [0.1, 0.15) is 0 Å². The second-order valence-corrected chi connectivity index (χ2v) is 4.49. The van der Waals surface area contributed by atoms with Gasteiger partial charge in [-0.05, 0) is 25.2 Å². The summed E-state index contributed by atoms with van der Waals surface area (Å²) < 4.78 is 0. The van der Waals surface area contributed by atoms with Gasteiger partial charge >= 0.3 is 0 Å². The van der Waals surface area contributed by atoms with Crippen LogP contribution in [0.4, 0.5) is 0 Å². The molecular weight excluding hydrogens is 164 g/mol. The zero-order valence-electron chi connectivity index (χ0n) is 8.20. The third-order valence-corrected chi connectivity index (χ3v) is 3.25. The van der Waals surface area contributed by atoms with E-state index in [0.29, 0.717) is 17.7 Å². The van der Waals surface area contributed by atoms with E-state index in [1.165, 1.54) is 0 Å². The number of amides is 1. The largest absolute Gasteiger partial charge is 0.341 e. The SMILES string of the molecule is CC1CCN(C(=O)C2CC2)CC1N. The van der Waals surface area contributed by atoms with E-state index in [9.17, 15) is 4.79 Å². The van der Waals surface area contributed by atoms with Gasteiger partial charge in [-0.2, -0.15) is 0 Å². The van der Waals surface area contributed by atoms with Crippen molar-refractivity contribution < 1.29 is 4.79 Å². The molecule has 0 aromatic carbocycles. The highest BCUT2D eigenvalue weighted by molar-refractivity contribution is 5.81. The van der Waals surface area contributed by atoms with Crippen LogP contribution in [0, 0.1) is 11.8 Å². The van der Waals surface area contributed by atoms with Crippen molar-refractivity contribution in [3.63, 3.8) is 0 Å². The first-order valence-corrected chi connectivity index (χ1v) is 5.23. The molecule has 3 nitrogen and oxygen atoms in total. The summed E-state index contributed by atoms with van der Waals surface area (Å²) in [7, 11) is 0. The summed E-state index contributed by atoms with van der Waals surface area (Å²) in [6.45, 7) is 3.87. The highest BCUT2D eigenvalue weighted by Gasteiger charge is 2.35. The Bertz CT molecular complexity index is 213. The Labute approximate surface area is 79.3 Å². The molecule has 0 aromatic rings. The highest BCUT2D eigenvalue weighted by atomic mass is 16.2. The standard InChI is InChI=1S/C10H18N2O/c1-7-4-5-12(6-9(7)11)10(13)8-2-3-8/h7-9H,2-6,11H2,1H3. The minimum absolute atomic E-state index is 0.191. The number of carbonyl (C=O) groups excluding carboxylic acids is 1. The lowest BCUT2D eigenvalue weighted by atomic mass is 9.94. The number of hydrogen-bond donors (Lipinski definition) is 1. The van der Waals surface area contributed by atoms with Crippen molar-refractivity contribution in [3.05, 3.63) is 0 Å². The fourth-order valence-electron chi connectivity index (χ4n) is 1.89. The maximum Gasteiger partial charge on any atom is 0.225 e. The van der Waals surface area contributed by atoms with E-state index in [4.69, 9.17) is 5.73 Å². The molecule has 2 fully saturated rings. The normalized spacial score (nSPS) is 34.8. The number of nitrogens with two attached hydrogens (primary N) is 1. The maximum atomic E-state index is 11.7. The predicted octanol–water partition coefficient (Wildman–Crippen LogP) is 0.592. The molecule has 2 N–H and O–H groups in total. The first kappa shape index (κ1) is 9.00. The van der Waals surface area contributed by atoms with Crippen LogP contribution >= 0.6 is 0 Å². The number of nitrogens with zero attached hydrogens (tertiary/aromatic N) is 1. The first-order valence-electron chi connectivity index (χ1n) is 5.23. The Hall–Kier alpha value is -0.570. The molecule has 2 atom stereocenters. The van der Waals surface area contributed by atoms with Crippen molar-refractivity contribution in [2.45, 2.75) is 32.2 Å². The van der Waals surface area contributed by atoms with Crippen LogP contribution in [0.5, 0.6) is 0 Å². The minimum atomic E-state index is 0.191. The molecule has 13 heavy (non-hydrogen) atoms. The molecule has 0 spiro atoms. The van der Waals surface area contributed by atoms with Crippen molar-refractivity contribution in [1.82, 2.24) is 4.90 Å². The van der Waals surface area contributed by atoms with Gasteiger partial charge in [0.05, 0.1) is 0 Å². The molecule has 1 aliphatic carbocycles. The lowest BCUT2D eigenvalue weighted by Crippen LogP contribution is -2.50. The molecule has 1 saturated carbocycles.